The van der Waals surface area contributed by atoms with E-state index in [0.717, 1.165) is 0 Å². The lowest BCUT2D eigenvalue weighted by molar-refractivity contribution is -0.129. The average Bonchev–Trinajstić information content (AvgIpc) is 3.66. The highest BCUT2D eigenvalue weighted by atomic mass is 32.1. The number of carbonyl (C=O) groups is 1. The van der Waals surface area contributed by atoms with Crippen LogP contribution in [0.15, 0.2) is 35.4 Å². The van der Waals surface area contributed by atoms with Crippen molar-refractivity contribution in [2.45, 2.75) is 32.2 Å². The van der Waals surface area contributed by atoms with Gasteiger partial charge < -0.3 is 24.6 Å². The lowest BCUT2D eigenvalue weighted by Crippen LogP contribution is -2.33. The molecule has 3 aromatic heterocycles. The molecule has 1 aliphatic rings. The molecule has 1 amide bonds. The van der Waals surface area contributed by atoms with Crippen molar-refractivity contribution in [3.63, 3.8) is 0 Å². The number of aliphatic hydroxyl groups excluding tert-OH is 2. The van der Waals surface area contributed by atoms with Crippen molar-refractivity contribution in [2.24, 2.45) is 0 Å². The highest BCUT2D eigenvalue weighted by Crippen LogP contribution is 2.33. The van der Waals surface area contributed by atoms with E-state index in [9.17, 15) is 14.0 Å². The van der Waals surface area contributed by atoms with Gasteiger partial charge in [0.15, 0.2) is 0 Å². The summed E-state index contributed by atoms with van der Waals surface area (Å²) in [5.74, 6) is -0.0222. The van der Waals surface area contributed by atoms with E-state index in [-0.39, 0.29) is 43.1 Å². The molecule has 0 bridgehead atoms. The summed E-state index contributed by atoms with van der Waals surface area (Å²) in [6.07, 6.45) is 4.39. The van der Waals surface area contributed by atoms with E-state index in [4.69, 9.17) is 19.7 Å². The molecule has 214 valence electrons. The fourth-order valence-electron chi connectivity index (χ4n) is 4.36. The van der Waals surface area contributed by atoms with Gasteiger partial charge >= 0.3 is 6.01 Å². The molecule has 1 atom stereocenters. The topological polar surface area (TPSA) is 145 Å². The Morgan fingerprint density at radius 3 is 2.50 bits per heavy atom. The van der Waals surface area contributed by atoms with E-state index in [0.29, 0.717) is 57.9 Å². The van der Waals surface area contributed by atoms with Crippen molar-refractivity contribution in [1.29, 1.82) is 0 Å². The molecule has 1 aromatic carbocycles. The van der Waals surface area contributed by atoms with Crippen LogP contribution in [0.3, 0.4) is 0 Å². The third-order valence-electron chi connectivity index (χ3n) is 6.41. The fourth-order valence-corrected chi connectivity index (χ4v) is 5.44. The molecule has 0 radical (unpaired) electrons. The number of ether oxygens (including phenoxy) is 2. The van der Waals surface area contributed by atoms with Gasteiger partial charge in [0, 0.05) is 44.4 Å². The van der Waals surface area contributed by atoms with Crippen LogP contribution in [0.2, 0.25) is 0 Å². The number of likely N-dealkylation sites (N-methyl/N-ethyl adjacent to an activating group) is 1. The van der Waals surface area contributed by atoms with Gasteiger partial charge in [0.25, 0.3) is 5.56 Å². The number of likely N-dealkylation sites (tertiary alicyclic amines) is 1. The van der Waals surface area contributed by atoms with Gasteiger partial charge in [-0.05, 0) is 38.0 Å². The molecule has 0 aliphatic carbocycles. The molecule has 4 heterocycles. The van der Waals surface area contributed by atoms with Crippen LogP contribution in [0.1, 0.15) is 30.0 Å². The van der Waals surface area contributed by atoms with Gasteiger partial charge in [-0.1, -0.05) is 11.3 Å². The van der Waals surface area contributed by atoms with E-state index in [1.54, 1.807) is 30.4 Å². The van der Waals surface area contributed by atoms with Crippen LogP contribution < -0.4 is 15.0 Å². The van der Waals surface area contributed by atoms with E-state index >= 15 is 0 Å². The third kappa shape index (κ3) is 5.98. The minimum absolute atomic E-state index is 0.0488. The zero-order valence-corrected chi connectivity index (χ0v) is 23.2. The zero-order chi connectivity index (χ0) is 28.8. The SMILES string of the molecule is COc1ccc(F)cc1CCOc1nc2sc(-n3nccn3)c(C)c2c(=O)n1[C@H]1CCN(C)C1=O.OCCCO. The number of benzene rings is 1. The van der Waals surface area contributed by atoms with E-state index < -0.39 is 6.04 Å². The monoisotopic (exact) mass is 574 g/mol. The number of hydrogen-bond donors (Lipinski definition) is 2. The van der Waals surface area contributed by atoms with Crippen LogP contribution in [-0.2, 0) is 11.2 Å². The maximum absolute atomic E-state index is 13.8. The first-order valence-electron chi connectivity index (χ1n) is 12.6. The molecule has 0 unspecified atom stereocenters. The molecular weight excluding hydrogens is 543 g/mol. The van der Waals surface area contributed by atoms with Gasteiger partial charge in [0.1, 0.15) is 27.4 Å². The first-order valence-corrected chi connectivity index (χ1v) is 13.5. The van der Waals surface area contributed by atoms with Crippen molar-refractivity contribution >= 4 is 27.5 Å². The molecule has 2 N–H and O–H groups in total. The second-order valence-electron chi connectivity index (χ2n) is 9.02. The van der Waals surface area contributed by atoms with E-state index in [1.807, 2.05) is 6.92 Å². The zero-order valence-electron chi connectivity index (χ0n) is 22.4. The summed E-state index contributed by atoms with van der Waals surface area (Å²) in [4.78, 5) is 34.7. The van der Waals surface area contributed by atoms with Gasteiger partial charge in [-0.2, -0.15) is 15.2 Å². The van der Waals surface area contributed by atoms with Crippen molar-refractivity contribution in [3.8, 4) is 16.8 Å². The summed E-state index contributed by atoms with van der Waals surface area (Å²) >= 11 is 1.27. The minimum Gasteiger partial charge on any atom is -0.496 e. The van der Waals surface area contributed by atoms with Gasteiger partial charge in [-0.15, -0.1) is 4.80 Å². The molecular formula is C26H31FN6O6S. The van der Waals surface area contributed by atoms with Crippen molar-refractivity contribution < 1.29 is 28.9 Å². The summed E-state index contributed by atoms with van der Waals surface area (Å²) < 4.78 is 26.4. The lowest BCUT2D eigenvalue weighted by atomic mass is 10.1. The number of thiophene rings is 1. The Kier molecular flexibility index (Phi) is 9.45. The molecule has 4 aromatic rings. The average molecular weight is 575 g/mol. The van der Waals surface area contributed by atoms with Gasteiger partial charge in [-0.25, -0.2) is 8.96 Å². The van der Waals surface area contributed by atoms with Crippen LogP contribution in [0.4, 0.5) is 4.39 Å². The first kappa shape index (κ1) is 29.1. The summed E-state index contributed by atoms with van der Waals surface area (Å²) in [6, 6.07) is 3.59. The molecule has 1 aliphatic heterocycles. The number of rotatable bonds is 9. The number of nitrogens with zero attached hydrogens (tertiary/aromatic N) is 6. The maximum atomic E-state index is 13.8. The van der Waals surface area contributed by atoms with Crippen LogP contribution in [0.5, 0.6) is 11.8 Å². The number of aromatic nitrogens is 5. The normalized spacial score (nSPS) is 14.9. The standard InChI is InChI=1S/C23H23FN6O4S.C3H8O2/c1-13-18-19(35-22(13)30-25-8-9-26-30)27-23(29(21(18)32)16-6-10-28(2)20(16)31)34-11-7-14-12-15(24)4-5-17(14)33-3;4-2-1-3-5/h4-5,8-9,12,16H,6-7,10-11H2,1-3H3;4-5H,1-3H2/t16-;/m0./s1. The van der Waals surface area contributed by atoms with Crippen molar-refractivity contribution in [3.05, 3.63) is 57.9 Å². The van der Waals surface area contributed by atoms with Crippen LogP contribution >= 0.6 is 11.3 Å². The predicted octanol–water partition coefficient (Wildman–Crippen LogP) is 1.88. The quantitative estimate of drug-likeness (QED) is 0.306. The number of hydrogen-bond acceptors (Lipinski definition) is 10. The van der Waals surface area contributed by atoms with E-state index in [2.05, 4.69) is 15.2 Å². The van der Waals surface area contributed by atoms with Crippen LogP contribution in [-0.4, -0.2) is 86.1 Å². The summed E-state index contributed by atoms with van der Waals surface area (Å²) in [7, 11) is 3.21. The molecule has 5 rings (SSSR count). The summed E-state index contributed by atoms with van der Waals surface area (Å²) in [5.41, 5.74) is 0.953. The number of aliphatic hydroxyl groups is 2. The van der Waals surface area contributed by atoms with Gasteiger partial charge in [-0.3, -0.25) is 9.59 Å². The second kappa shape index (κ2) is 13.0. The summed E-state index contributed by atoms with van der Waals surface area (Å²) in [5, 5.41) is 25.2. The highest BCUT2D eigenvalue weighted by Gasteiger charge is 2.35. The Hall–Kier alpha value is -3.88. The van der Waals surface area contributed by atoms with Crippen molar-refractivity contribution in [2.75, 3.05) is 40.5 Å². The maximum Gasteiger partial charge on any atom is 0.301 e. The second-order valence-corrected chi connectivity index (χ2v) is 10.00. The number of aryl methyl sites for hydroxylation is 1. The Balaban J connectivity index is 0.000000681. The number of halogens is 1. The summed E-state index contributed by atoms with van der Waals surface area (Å²) in [6.45, 7) is 2.63. The molecule has 12 nitrogen and oxygen atoms in total. The predicted molar refractivity (Wildman–Crippen MR) is 146 cm³/mol. The van der Waals surface area contributed by atoms with Gasteiger partial charge in [0.05, 0.1) is 31.5 Å². The molecule has 1 saturated heterocycles. The Morgan fingerprint density at radius 1 is 1.18 bits per heavy atom. The number of amides is 1. The first-order chi connectivity index (χ1) is 19.3. The molecule has 1 fully saturated rings. The third-order valence-corrected chi connectivity index (χ3v) is 7.56. The van der Waals surface area contributed by atoms with Gasteiger partial charge in [0.2, 0.25) is 5.91 Å². The molecule has 40 heavy (non-hydrogen) atoms. The molecule has 0 saturated carbocycles. The van der Waals surface area contributed by atoms with Crippen molar-refractivity contribution in [1.82, 2.24) is 29.4 Å². The largest absolute Gasteiger partial charge is 0.496 e. The number of methoxy groups -OCH3 is 1. The number of fused-ring (bicyclic) bond motifs is 1. The Bertz CT molecular complexity index is 1520. The van der Waals surface area contributed by atoms with E-state index in [1.165, 1.54) is 39.9 Å². The van der Waals surface area contributed by atoms with Crippen LogP contribution in [0.25, 0.3) is 15.2 Å². The minimum atomic E-state index is -0.714. The Labute approximate surface area is 233 Å². The number of carbonyl (C=O) groups excluding carboxylic acids is 1. The van der Waals surface area contributed by atoms with Crippen LogP contribution in [0, 0.1) is 12.7 Å². The molecule has 14 heteroatoms. The lowest BCUT2D eigenvalue weighted by Gasteiger charge is -2.18. The molecule has 0 spiro atoms. The smallest absolute Gasteiger partial charge is 0.301 e. The highest BCUT2D eigenvalue weighted by molar-refractivity contribution is 7.21. The Morgan fingerprint density at radius 2 is 1.90 bits per heavy atom. The fraction of sp³-hybridized carbons (Fsp3) is 0.423.